The fraction of sp³-hybridized carbons (Fsp3) is 0.136. The molecule has 0 bridgehead atoms. The molecule has 3 rings (SSSR count). The lowest BCUT2D eigenvalue weighted by molar-refractivity contribution is -0.128. The van der Waals surface area contributed by atoms with Crippen LogP contribution in [0, 0.1) is 5.82 Å². The van der Waals surface area contributed by atoms with E-state index in [1.54, 1.807) is 49.5 Å². The second-order valence-corrected chi connectivity index (χ2v) is 8.98. The average molecular weight is 447 g/mol. The van der Waals surface area contributed by atoms with Gasteiger partial charge in [0.2, 0.25) is 5.91 Å². The van der Waals surface area contributed by atoms with Gasteiger partial charge in [-0.1, -0.05) is 41.9 Å². The topological polar surface area (TPSA) is 57.7 Å². The van der Waals surface area contributed by atoms with Gasteiger partial charge in [-0.2, -0.15) is 0 Å². The molecule has 0 radical (unpaired) electrons. The van der Waals surface area contributed by atoms with Gasteiger partial charge in [-0.3, -0.25) is 9.10 Å². The van der Waals surface area contributed by atoms with E-state index in [4.69, 9.17) is 11.6 Å². The molecular formula is C22H20ClFN2O3S. The van der Waals surface area contributed by atoms with E-state index in [-0.39, 0.29) is 10.6 Å². The summed E-state index contributed by atoms with van der Waals surface area (Å²) < 4.78 is 40.8. The highest BCUT2D eigenvalue weighted by Gasteiger charge is 2.28. The number of carbonyl (C=O) groups excluding carboxylic acids is 1. The first kappa shape index (κ1) is 21.8. The molecular weight excluding hydrogens is 427 g/mol. The van der Waals surface area contributed by atoms with Crippen LogP contribution in [-0.2, 0) is 21.4 Å². The van der Waals surface area contributed by atoms with Crippen molar-refractivity contribution >= 4 is 33.2 Å². The molecule has 0 N–H and O–H groups in total. The molecule has 0 aliphatic rings. The molecule has 3 aromatic rings. The van der Waals surface area contributed by atoms with E-state index in [0.29, 0.717) is 11.6 Å². The molecule has 0 saturated heterocycles. The average Bonchev–Trinajstić information content (AvgIpc) is 2.74. The summed E-state index contributed by atoms with van der Waals surface area (Å²) >= 11 is 5.89. The summed E-state index contributed by atoms with van der Waals surface area (Å²) in [5.41, 5.74) is 1.06. The zero-order valence-corrected chi connectivity index (χ0v) is 17.8. The molecule has 0 heterocycles. The Morgan fingerprint density at radius 3 is 2.13 bits per heavy atom. The van der Waals surface area contributed by atoms with Crippen molar-refractivity contribution < 1.29 is 17.6 Å². The Kier molecular flexibility index (Phi) is 6.74. The third kappa shape index (κ3) is 5.17. The molecule has 0 atom stereocenters. The third-order valence-electron chi connectivity index (χ3n) is 4.48. The van der Waals surface area contributed by atoms with Crippen molar-refractivity contribution in [2.75, 3.05) is 17.9 Å². The van der Waals surface area contributed by atoms with E-state index in [1.807, 2.05) is 0 Å². The van der Waals surface area contributed by atoms with E-state index >= 15 is 0 Å². The summed E-state index contributed by atoms with van der Waals surface area (Å²) in [6.45, 7) is -0.133. The van der Waals surface area contributed by atoms with E-state index in [9.17, 15) is 17.6 Å². The van der Waals surface area contributed by atoms with Crippen molar-refractivity contribution in [1.82, 2.24) is 4.90 Å². The van der Waals surface area contributed by atoms with Crippen LogP contribution in [0.5, 0.6) is 0 Å². The standard InChI is InChI=1S/C22H20ClFN2O3S/c1-25(15-17-7-9-18(23)10-8-17)22(27)16-26(20-13-11-19(24)12-14-20)30(28,29)21-5-3-2-4-6-21/h2-14H,15-16H2,1H3. The highest BCUT2D eigenvalue weighted by atomic mass is 35.5. The largest absolute Gasteiger partial charge is 0.340 e. The molecule has 1 amide bonds. The smallest absolute Gasteiger partial charge is 0.264 e. The van der Waals surface area contributed by atoms with Gasteiger partial charge in [0.1, 0.15) is 12.4 Å². The molecule has 156 valence electrons. The SMILES string of the molecule is CN(Cc1ccc(Cl)cc1)C(=O)CN(c1ccc(F)cc1)S(=O)(=O)c1ccccc1. The predicted octanol–water partition coefficient (Wildman–Crippen LogP) is 4.33. The Labute approximate surface area is 180 Å². The zero-order chi connectivity index (χ0) is 21.7. The number of likely N-dealkylation sites (N-methyl/N-ethyl adjacent to an activating group) is 1. The Hall–Kier alpha value is -2.90. The van der Waals surface area contributed by atoms with E-state index in [2.05, 4.69) is 0 Å². The van der Waals surface area contributed by atoms with Crippen LogP contribution in [0.1, 0.15) is 5.56 Å². The highest BCUT2D eigenvalue weighted by molar-refractivity contribution is 7.92. The van der Waals surface area contributed by atoms with Crippen LogP contribution in [0.25, 0.3) is 0 Å². The van der Waals surface area contributed by atoms with Crippen LogP contribution in [0.15, 0.2) is 83.8 Å². The summed E-state index contributed by atoms with van der Waals surface area (Å²) in [7, 11) is -2.44. The first-order valence-electron chi connectivity index (χ1n) is 9.09. The first-order valence-corrected chi connectivity index (χ1v) is 10.9. The molecule has 0 spiro atoms. The molecule has 8 heteroatoms. The van der Waals surface area contributed by atoms with Crippen molar-refractivity contribution in [3.05, 3.63) is 95.3 Å². The number of sulfonamides is 1. The number of hydrogen-bond donors (Lipinski definition) is 0. The van der Waals surface area contributed by atoms with E-state index in [1.165, 1.54) is 29.2 Å². The van der Waals surface area contributed by atoms with Gasteiger partial charge in [0, 0.05) is 18.6 Å². The fourth-order valence-electron chi connectivity index (χ4n) is 2.84. The van der Waals surface area contributed by atoms with Crippen LogP contribution in [-0.4, -0.2) is 32.8 Å². The van der Waals surface area contributed by atoms with Gasteiger partial charge in [0.15, 0.2) is 0 Å². The van der Waals surface area contributed by atoms with Crippen molar-refractivity contribution in [3.8, 4) is 0 Å². The fourth-order valence-corrected chi connectivity index (χ4v) is 4.40. The lowest BCUT2D eigenvalue weighted by atomic mass is 10.2. The number of amides is 1. The molecule has 0 saturated carbocycles. The maximum atomic E-state index is 13.4. The van der Waals surface area contributed by atoms with Gasteiger partial charge in [-0.25, -0.2) is 12.8 Å². The van der Waals surface area contributed by atoms with Gasteiger partial charge in [-0.05, 0) is 54.1 Å². The number of hydrogen-bond acceptors (Lipinski definition) is 3. The van der Waals surface area contributed by atoms with Gasteiger partial charge >= 0.3 is 0 Å². The minimum absolute atomic E-state index is 0.0440. The molecule has 0 aromatic heterocycles. The summed E-state index contributed by atoms with van der Waals surface area (Å²) in [5, 5.41) is 0.587. The summed E-state index contributed by atoms with van der Waals surface area (Å²) in [6, 6.07) is 19.8. The van der Waals surface area contributed by atoms with Crippen molar-refractivity contribution in [2.45, 2.75) is 11.4 Å². The van der Waals surface area contributed by atoms with Gasteiger partial charge in [0.05, 0.1) is 10.6 Å². The quantitative estimate of drug-likeness (QED) is 0.542. The molecule has 0 unspecified atom stereocenters. The lowest BCUT2D eigenvalue weighted by Crippen LogP contribution is -2.41. The Morgan fingerprint density at radius 2 is 1.53 bits per heavy atom. The number of halogens is 2. The Morgan fingerprint density at radius 1 is 0.933 bits per heavy atom. The molecule has 0 aliphatic heterocycles. The minimum atomic E-state index is -4.03. The van der Waals surface area contributed by atoms with Crippen molar-refractivity contribution in [2.24, 2.45) is 0 Å². The van der Waals surface area contributed by atoms with E-state index in [0.717, 1.165) is 22.0 Å². The second-order valence-electron chi connectivity index (χ2n) is 6.68. The van der Waals surface area contributed by atoms with Crippen molar-refractivity contribution in [1.29, 1.82) is 0 Å². The number of rotatable bonds is 7. The number of benzene rings is 3. The van der Waals surface area contributed by atoms with Gasteiger partial charge in [-0.15, -0.1) is 0 Å². The van der Waals surface area contributed by atoms with Crippen LogP contribution in [0.3, 0.4) is 0 Å². The number of anilines is 1. The summed E-state index contributed by atoms with van der Waals surface area (Å²) in [6.07, 6.45) is 0. The highest BCUT2D eigenvalue weighted by Crippen LogP contribution is 2.24. The zero-order valence-electron chi connectivity index (χ0n) is 16.2. The predicted molar refractivity (Wildman–Crippen MR) is 115 cm³/mol. The second kappa shape index (κ2) is 9.28. The first-order chi connectivity index (χ1) is 14.3. The normalized spacial score (nSPS) is 11.2. The van der Waals surface area contributed by atoms with E-state index < -0.39 is 28.3 Å². The maximum absolute atomic E-state index is 13.4. The van der Waals surface area contributed by atoms with Crippen LogP contribution < -0.4 is 4.31 Å². The number of nitrogens with zero attached hydrogens (tertiary/aromatic N) is 2. The summed E-state index contributed by atoms with van der Waals surface area (Å²) in [5.74, 6) is -0.907. The van der Waals surface area contributed by atoms with Crippen LogP contribution >= 0.6 is 11.6 Å². The van der Waals surface area contributed by atoms with Gasteiger partial charge in [0.25, 0.3) is 10.0 Å². The van der Waals surface area contributed by atoms with Crippen LogP contribution in [0.2, 0.25) is 5.02 Å². The maximum Gasteiger partial charge on any atom is 0.264 e. The summed E-state index contributed by atoms with van der Waals surface area (Å²) in [4.78, 5) is 14.3. The van der Waals surface area contributed by atoms with Gasteiger partial charge < -0.3 is 4.90 Å². The Balaban J connectivity index is 1.87. The molecule has 30 heavy (non-hydrogen) atoms. The molecule has 3 aromatic carbocycles. The molecule has 0 aliphatic carbocycles. The number of carbonyl (C=O) groups is 1. The third-order valence-corrected chi connectivity index (χ3v) is 6.52. The lowest BCUT2D eigenvalue weighted by Gasteiger charge is -2.26. The molecule has 0 fully saturated rings. The van der Waals surface area contributed by atoms with Crippen LogP contribution in [0.4, 0.5) is 10.1 Å². The van der Waals surface area contributed by atoms with Crippen molar-refractivity contribution in [3.63, 3.8) is 0 Å². The molecule has 5 nitrogen and oxygen atoms in total. The minimum Gasteiger partial charge on any atom is -0.340 e. The Bertz CT molecular complexity index is 1110. The monoisotopic (exact) mass is 446 g/mol.